The second-order valence-corrected chi connectivity index (χ2v) is 4.80. The van der Waals surface area contributed by atoms with E-state index in [1.807, 2.05) is 0 Å². The van der Waals surface area contributed by atoms with Crippen molar-refractivity contribution in [1.29, 1.82) is 0 Å². The van der Waals surface area contributed by atoms with Gasteiger partial charge in [-0.15, -0.1) is 0 Å². The molecule has 0 aromatic rings. The highest BCUT2D eigenvalue weighted by Gasteiger charge is 2.22. The molecule has 1 aliphatic rings. The number of nitrogens with two attached hydrogens (primary N) is 1. The first-order valence-corrected chi connectivity index (χ1v) is 5.98. The Morgan fingerprint density at radius 2 is 2.07 bits per heavy atom. The number of rotatable bonds is 4. The smallest absolute Gasteiger partial charge is 0.0464 e. The van der Waals surface area contributed by atoms with Gasteiger partial charge in [-0.25, -0.2) is 0 Å². The molecule has 3 unspecified atom stereocenters. The van der Waals surface area contributed by atoms with Crippen molar-refractivity contribution in [1.82, 2.24) is 0 Å². The van der Waals surface area contributed by atoms with Gasteiger partial charge in [0.1, 0.15) is 0 Å². The molecular weight excluding hydrogens is 174 g/mol. The molecule has 0 spiro atoms. The number of ether oxygens (including phenoxy) is 1. The first-order chi connectivity index (χ1) is 6.74. The van der Waals surface area contributed by atoms with Crippen molar-refractivity contribution in [2.75, 3.05) is 13.7 Å². The summed E-state index contributed by atoms with van der Waals surface area (Å²) in [4.78, 5) is 0. The van der Waals surface area contributed by atoms with Crippen LogP contribution in [0, 0.1) is 11.8 Å². The summed E-state index contributed by atoms with van der Waals surface area (Å²) < 4.78 is 5.13. The van der Waals surface area contributed by atoms with E-state index in [9.17, 15) is 0 Å². The SMILES string of the molecule is COCCC(C)C1CCCCC(N)C1. The van der Waals surface area contributed by atoms with E-state index in [0.717, 1.165) is 18.4 Å². The fraction of sp³-hybridized carbons (Fsp3) is 1.00. The predicted molar refractivity (Wildman–Crippen MR) is 60.2 cm³/mol. The lowest BCUT2D eigenvalue weighted by Crippen LogP contribution is -2.24. The molecule has 0 amide bonds. The maximum Gasteiger partial charge on any atom is 0.0464 e. The van der Waals surface area contributed by atoms with Gasteiger partial charge in [-0.05, 0) is 31.1 Å². The van der Waals surface area contributed by atoms with Crippen molar-refractivity contribution < 1.29 is 4.74 Å². The molecule has 2 nitrogen and oxygen atoms in total. The summed E-state index contributed by atoms with van der Waals surface area (Å²) in [5.74, 6) is 1.61. The van der Waals surface area contributed by atoms with Crippen LogP contribution < -0.4 is 5.73 Å². The zero-order valence-electron chi connectivity index (χ0n) is 9.67. The monoisotopic (exact) mass is 199 g/mol. The van der Waals surface area contributed by atoms with Gasteiger partial charge < -0.3 is 10.5 Å². The van der Waals surface area contributed by atoms with Crippen molar-refractivity contribution in [3.05, 3.63) is 0 Å². The lowest BCUT2D eigenvalue weighted by atomic mass is 9.84. The Bertz CT molecular complexity index is 149. The molecule has 84 valence electrons. The van der Waals surface area contributed by atoms with E-state index < -0.39 is 0 Å². The molecule has 0 bridgehead atoms. The van der Waals surface area contributed by atoms with Crippen molar-refractivity contribution in [3.8, 4) is 0 Å². The normalized spacial score (nSPS) is 31.1. The van der Waals surface area contributed by atoms with Crippen LogP contribution in [0.1, 0.15) is 45.4 Å². The van der Waals surface area contributed by atoms with E-state index in [2.05, 4.69) is 6.92 Å². The molecule has 0 radical (unpaired) electrons. The molecule has 1 saturated carbocycles. The topological polar surface area (TPSA) is 35.2 Å². The number of hydrogen-bond donors (Lipinski definition) is 1. The van der Waals surface area contributed by atoms with Crippen LogP contribution in [0.3, 0.4) is 0 Å². The first kappa shape index (κ1) is 12.0. The van der Waals surface area contributed by atoms with E-state index in [1.54, 1.807) is 7.11 Å². The maximum atomic E-state index is 6.06. The van der Waals surface area contributed by atoms with Gasteiger partial charge in [-0.3, -0.25) is 0 Å². The predicted octanol–water partition coefficient (Wildman–Crippen LogP) is 2.57. The van der Waals surface area contributed by atoms with Crippen LogP contribution in [0.25, 0.3) is 0 Å². The highest BCUT2D eigenvalue weighted by atomic mass is 16.5. The summed E-state index contributed by atoms with van der Waals surface area (Å²) in [6, 6.07) is 0.451. The van der Waals surface area contributed by atoms with Crippen LogP contribution in [0.4, 0.5) is 0 Å². The summed E-state index contributed by atoms with van der Waals surface area (Å²) in [5, 5.41) is 0. The molecule has 2 N–H and O–H groups in total. The molecular formula is C12H25NO. The third-order valence-electron chi connectivity index (χ3n) is 3.59. The zero-order chi connectivity index (χ0) is 10.4. The van der Waals surface area contributed by atoms with Crippen LogP contribution >= 0.6 is 0 Å². The quantitative estimate of drug-likeness (QED) is 0.706. The Labute approximate surface area is 88.2 Å². The van der Waals surface area contributed by atoms with Crippen LogP contribution in [0.5, 0.6) is 0 Å². The maximum absolute atomic E-state index is 6.06. The fourth-order valence-electron chi connectivity index (χ4n) is 2.49. The van der Waals surface area contributed by atoms with Crippen molar-refractivity contribution in [2.45, 2.75) is 51.5 Å². The van der Waals surface area contributed by atoms with Crippen LogP contribution in [0.15, 0.2) is 0 Å². The summed E-state index contributed by atoms with van der Waals surface area (Å²) >= 11 is 0. The summed E-state index contributed by atoms with van der Waals surface area (Å²) in [6.07, 6.45) is 7.72. The lowest BCUT2D eigenvalue weighted by Gasteiger charge is -2.23. The largest absolute Gasteiger partial charge is 0.385 e. The minimum Gasteiger partial charge on any atom is -0.385 e. The van der Waals surface area contributed by atoms with Gasteiger partial charge in [-0.2, -0.15) is 0 Å². The Kier molecular flexibility index (Phi) is 5.49. The van der Waals surface area contributed by atoms with E-state index in [1.165, 1.54) is 38.5 Å². The molecule has 0 aromatic carbocycles. The molecule has 0 saturated heterocycles. The average molecular weight is 199 g/mol. The number of methoxy groups -OCH3 is 1. The van der Waals surface area contributed by atoms with Gasteiger partial charge in [0.2, 0.25) is 0 Å². The molecule has 1 aliphatic carbocycles. The van der Waals surface area contributed by atoms with Gasteiger partial charge in [0.05, 0.1) is 0 Å². The highest BCUT2D eigenvalue weighted by molar-refractivity contribution is 4.76. The zero-order valence-corrected chi connectivity index (χ0v) is 9.67. The molecule has 0 heterocycles. The van der Waals surface area contributed by atoms with Crippen LogP contribution in [0.2, 0.25) is 0 Å². The Morgan fingerprint density at radius 1 is 1.36 bits per heavy atom. The molecule has 0 aromatic heterocycles. The Hall–Kier alpha value is -0.0800. The van der Waals surface area contributed by atoms with E-state index in [-0.39, 0.29) is 0 Å². The average Bonchev–Trinajstić information content (AvgIpc) is 2.39. The standard InChI is InChI=1S/C12H25NO/c1-10(7-8-14-2)11-5-3-4-6-12(13)9-11/h10-12H,3-9,13H2,1-2H3. The molecule has 3 atom stereocenters. The van der Waals surface area contributed by atoms with Gasteiger partial charge in [-0.1, -0.05) is 26.2 Å². The van der Waals surface area contributed by atoms with Crippen molar-refractivity contribution in [2.24, 2.45) is 17.6 Å². The van der Waals surface area contributed by atoms with Gasteiger partial charge in [0, 0.05) is 19.8 Å². The van der Waals surface area contributed by atoms with Gasteiger partial charge in [0.15, 0.2) is 0 Å². The minimum absolute atomic E-state index is 0.451. The second kappa shape index (κ2) is 6.41. The molecule has 0 aliphatic heterocycles. The third-order valence-corrected chi connectivity index (χ3v) is 3.59. The minimum atomic E-state index is 0.451. The van der Waals surface area contributed by atoms with Crippen molar-refractivity contribution >= 4 is 0 Å². The Balaban J connectivity index is 2.32. The molecule has 14 heavy (non-hydrogen) atoms. The van der Waals surface area contributed by atoms with Gasteiger partial charge in [0.25, 0.3) is 0 Å². The van der Waals surface area contributed by atoms with E-state index in [4.69, 9.17) is 10.5 Å². The molecule has 2 heteroatoms. The van der Waals surface area contributed by atoms with Crippen molar-refractivity contribution in [3.63, 3.8) is 0 Å². The van der Waals surface area contributed by atoms with Crippen LogP contribution in [-0.4, -0.2) is 19.8 Å². The van der Waals surface area contributed by atoms with Crippen LogP contribution in [-0.2, 0) is 4.74 Å². The molecule has 1 fully saturated rings. The fourth-order valence-corrected chi connectivity index (χ4v) is 2.49. The first-order valence-electron chi connectivity index (χ1n) is 5.98. The second-order valence-electron chi connectivity index (χ2n) is 4.80. The summed E-state index contributed by atoms with van der Waals surface area (Å²) in [7, 11) is 1.78. The third kappa shape index (κ3) is 3.97. The van der Waals surface area contributed by atoms with Gasteiger partial charge >= 0.3 is 0 Å². The number of hydrogen-bond acceptors (Lipinski definition) is 2. The lowest BCUT2D eigenvalue weighted by molar-refractivity contribution is 0.159. The summed E-state index contributed by atoms with van der Waals surface area (Å²) in [6.45, 7) is 3.24. The van der Waals surface area contributed by atoms with E-state index >= 15 is 0 Å². The molecule has 1 rings (SSSR count). The Morgan fingerprint density at radius 3 is 2.79 bits per heavy atom. The van der Waals surface area contributed by atoms with E-state index in [0.29, 0.717) is 6.04 Å². The summed E-state index contributed by atoms with van der Waals surface area (Å²) in [5.41, 5.74) is 6.06. The highest BCUT2D eigenvalue weighted by Crippen LogP contribution is 2.29.